The van der Waals surface area contributed by atoms with Gasteiger partial charge < -0.3 is 14.2 Å². The maximum atomic E-state index is 15.1. The van der Waals surface area contributed by atoms with E-state index in [1.165, 1.54) is 36.8 Å². The molecule has 11 heteroatoms. The summed E-state index contributed by atoms with van der Waals surface area (Å²) in [5.74, 6) is -1.15. The first-order chi connectivity index (χ1) is 16.3. The van der Waals surface area contributed by atoms with Crippen molar-refractivity contribution in [3.63, 3.8) is 0 Å². The molecule has 2 aromatic heterocycles. The average molecular weight is 503 g/mol. The molecule has 186 valence electrons. The first-order valence-corrected chi connectivity index (χ1v) is 13.1. The van der Waals surface area contributed by atoms with Gasteiger partial charge in [0, 0.05) is 37.1 Å². The molecule has 3 aromatic rings. The third-order valence-corrected chi connectivity index (χ3v) is 6.96. The molecule has 4 rings (SSSR count). The Labute approximate surface area is 202 Å². The molecule has 3 heterocycles. The minimum absolute atomic E-state index is 0.0132. The third-order valence-electron chi connectivity index (χ3n) is 5.83. The lowest BCUT2D eigenvalue weighted by Gasteiger charge is -2.34. The number of carbonyl (C=O) groups excluding carboxylic acids is 2. The van der Waals surface area contributed by atoms with E-state index < -0.39 is 27.0 Å². The molecule has 9 nitrogen and oxygen atoms in total. The normalized spacial score (nSPS) is 15.4. The summed E-state index contributed by atoms with van der Waals surface area (Å²) < 4.78 is 45.6. The number of benzene rings is 1. The number of piperidine rings is 1. The number of halogens is 1. The summed E-state index contributed by atoms with van der Waals surface area (Å²) in [6, 6.07) is 5.32. The summed E-state index contributed by atoms with van der Waals surface area (Å²) in [7, 11) is -3.41. The molecule has 0 atom stereocenters. The molecule has 1 aromatic carbocycles. The lowest BCUT2D eigenvalue weighted by atomic mass is 10.0. The second kappa shape index (κ2) is 9.03. The van der Waals surface area contributed by atoms with Gasteiger partial charge in [0.1, 0.15) is 23.3 Å². The van der Waals surface area contributed by atoms with Crippen LogP contribution >= 0.6 is 0 Å². The zero-order chi connectivity index (χ0) is 25.5. The van der Waals surface area contributed by atoms with Crippen LogP contribution in [0, 0.1) is 5.82 Å². The molecule has 35 heavy (non-hydrogen) atoms. The molecule has 0 spiro atoms. The SMILES string of the molecule is CC(C)(C)OC(=O)N1CCC(n2cc(F)c3c(C(=O)c4ccc(S(C)(=O)=O)cc4)ncnc32)CC1. The van der Waals surface area contributed by atoms with Gasteiger partial charge in [-0.15, -0.1) is 0 Å². The number of carbonyl (C=O) groups is 2. The first-order valence-electron chi connectivity index (χ1n) is 11.2. The summed E-state index contributed by atoms with van der Waals surface area (Å²) in [5, 5.41) is 0.0132. The third kappa shape index (κ3) is 5.19. The van der Waals surface area contributed by atoms with Gasteiger partial charge in [-0.2, -0.15) is 0 Å². The second-order valence-corrected chi connectivity index (χ2v) is 11.6. The highest BCUT2D eigenvalue weighted by Crippen LogP contribution is 2.31. The number of fused-ring (bicyclic) bond motifs is 1. The number of amides is 1. The first kappa shape index (κ1) is 24.8. The number of hydrogen-bond acceptors (Lipinski definition) is 7. The van der Waals surface area contributed by atoms with Gasteiger partial charge in [0.15, 0.2) is 15.7 Å². The minimum Gasteiger partial charge on any atom is -0.444 e. The van der Waals surface area contributed by atoms with Gasteiger partial charge in [-0.25, -0.2) is 27.6 Å². The van der Waals surface area contributed by atoms with Crippen LogP contribution in [0.4, 0.5) is 9.18 Å². The summed E-state index contributed by atoms with van der Waals surface area (Å²) >= 11 is 0. The van der Waals surface area contributed by atoms with E-state index in [2.05, 4.69) is 9.97 Å². The van der Waals surface area contributed by atoms with Crippen LogP contribution in [0.2, 0.25) is 0 Å². The second-order valence-electron chi connectivity index (χ2n) is 9.63. The van der Waals surface area contributed by atoms with Crippen LogP contribution in [0.5, 0.6) is 0 Å². The average Bonchev–Trinajstić information content (AvgIpc) is 3.14. The molecule has 0 N–H and O–H groups in total. The molecule has 0 saturated carbocycles. The van der Waals surface area contributed by atoms with Crippen LogP contribution in [0.3, 0.4) is 0 Å². The van der Waals surface area contributed by atoms with E-state index in [-0.39, 0.29) is 33.7 Å². The van der Waals surface area contributed by atoms with Crippen LogP contribution in [0.25, 0.3) is 11.0 Å². The van der Waals surface area contributed by atoms with Crippen molar-refractivity contribution in [2.45, 2.75) is 50.2 Å². The highest BCUT2D eigenvalue weighted by atomic mass is 32.2. The molecule has 1 amide bonds. The Hall–Kier alpha value is -3.34. The van der Waals surface area contributed by atoms with Crippen molar-refractivity contribution in [1.29, 1.82) is 0 Å². The van der Waals surface area contributed by atoms with Crippen molar-refractivity contribution in [1.82, 2.24) is 19.4 Å². The van der Waals surface area contributed by atoms with Crippen LogP contribution in [-0.4, -0.2) is 64.7 Å². The number of sulfone groups is 1. The van der Waals surface area contributed by atoms with Crippen molar-refractivity contribution >= 4 is 32.7 Å². The molecular weight excluding hydrogens is 475 g/mol. The zero-order valence-corrected chi connectivity index (χ0v) is 20.8. The molecule has 0 radical (unpaired) electrons. The van der Waals surface area contributed by atoms with Gasteiger partial charge >= 0.3 is 6.09 Å². The lowest BCUT2D eigenvalue weighted by molar-refractivity contribution is 0.0189. The van der Waals surface area contributed by atoms with Gasteiger partial charge in [0.2, 0.25) is 5.78 Å². The highest BCUT2D eigenvalue weighted by molar-refractivity contribution is 7.90. The van der Waals surface area contributed by atoms with Gasteiger partial charge in [-0.3, -0.25) is 4.79 Å². The Bertz CT molecular complexity index is 1390. The highest BCUT2D eigenvalue weighted by Gasteiger charge is 2.30. The number of ketones is 1. The smallest absolute Gasteiger partial charge is 0.410 e. The zero-order valence-electron chi connectivity index (χ0n) is 20.0. The van der Waals surface area contributed by atoms with Crippen LogP contribution in [0.15, 0.2) is 41.7 Å². The quantitative estimate of drug-likeness (QED) is 0.499. The molecule has 1 aliphatic rings. The monoisotopic (exact) mass is 502 g/mol. The van der Waals surface area contributed by atoms with E-state index in [0.717, 1.165) is 6.26 Å². The number of likely N-dealkylation sites (tertiary alicyclic amines) is 1. The van der Waals surface area contributed by atoms with Gasteiger partial charge in [-0.05, 0) is 57.9 Å². The Morgan fingerprint density at radius 3 is 2.29 bits per heavy atom. The van der Waals surface area contributed by atoms with E-state index in [4.69, 9.17) is 4.74 Å². The lowest BCUT2D eigenvalue weighted by Crippen LogP contribution is -2.42. The van der Waals surface area contributed by atoms with Crippen molar-refractivity contribution in [2.75, 3.05) is 19.3 Å². The summed E-state index contributed by atoms with van der Waals surface area (Å²) in [6.07, 6.45) is 4.37. The number of aromatic nitrogens is 3. The predicted octanol–water partition coefficient (Wildman–Crippen LogP) is 3.78. The summed E-state index contributed by atoms with van der Waals surface area (Å²) in [6.45, 7) is 6.33. The van der Waals surface area contributed by atoms with Crippen LogP contribution in [-0.2, 0) is 14.6 Å². The maximum absolute atomic E-state index is 15.1. The van der Waals surface area contributed by atoms with E-state index in [1.54, 1.807) is 9.47 Å². The van der Waals surface area contributed by atoms with Crippen molar-refractivity contribution in [2.24, 2.45) is 0 Å². The number of hydrogen-bond donors (Lipinski definition) is 0. The van der Waals surface area contributed by atoms with E-state index in [1.807, 2.05) is 20.8 Å². The largest absolute Gasteiger partial charge is 0.444 e. The molecule has 1 aliphatic heterocycles. The predicted molar refractivity (Wildman–Crippen MR) is 127 cm³/mol. The van der Waals surface area contributed by atoms with Crippen molar-refractivity contribution < 1.29 is 27.1 Å². The van der Waals surface area contributed by atoms with E-state index in [0.29, 0.717) is 31.6 Å². The molecule has 0 aliphatic carbocycles. The Balaban J connectivity index is 1.59. The Morgan fingerprint density at radius 2 is 1.71 bits per heavy atom. The molecule has 0 unspecified atom stereocenters. The molecule has 1 saturated heterocycles. The summed E-state index contributed by atoms with van der Waals surface area (Å²) in [4.78, 5) is 35.5. The molecule has 1 fully saturated rings. The Kier molecular flexibility index (Phi) is 6.39. The standard InChI is InChI=1S/C24H27FN4O5S/c1-24(2,3)34-23(31)28-11-9-16(10-12-28)29-13-18(25)19-20(26-14-27-22(19)29)21(30)15-5-7-17(8-6-15)35(4,32)33/h5-8,13-14,16H,9-12H2,1-4H3. The molecule has 0 bridgehead atoms. The minimum atomic E-state index is -3.41. The summed E-state index contributed by atoms with van der Waals surface area (Å²) in [5.41, 5.74) is -0.192. The maximum Gasteiger partial charge on any atom is 0.410 e. The van der Waals surface area contributed by atoms with Crippen molar-refractivity contribution in [3.8, 4) is 0 Å². The van der Waals surface area contributed by atoms with Crippen LogP contribution < -0.4 is 0 Å². The van der Waals surface area contributed by atoms with Crippen molar-refractivity contribution in [3.05, 3.63) is 53.9 Å². The topological polar surface area (TPSA) is 111 Å². The number of ether oxygens (including phenoxy) is 1. The fraction of sp³-hybridized carbons (Fsp3) is 0.417. The van der Waals surface area contributed by atoms with Gasteiger partial charge in [0.05, 0.1) is 10.3 Å². The fourth-order valence-electron chi connectivity index (χ4n) is 4.13. The van der Waals surface area contributed by atoms with Gasteiger partial charge in [0.25, 0.3) is 0 Å². The fourth-order valence-corrected chi connectivity index (χ4v) is 4.76. The Morgan fingerprint density at radius 1 is 1.09 bits per heavy atom. The molecular formula is C24H27FN4O5S. The van der Waals surface area contributed by atoms with E-state index >= 15 is 4.39 Å². The van der Waals surface area contributed by atoms with Crippen LogP contribution in [0.1, 0.15) is 55.7 Å². The number of rotatable bonds is 4. The van der Waals surface area contributed by atoms with Gasteiger partial charge in [-0.1, -0.05) is 0 Å². The van der Waals surface area contributed by atoms with E-state index in [9.17, 15) is 18.0 Å². The number of nitrogens with zero attached hydrogens (tertiary/aromatic N) is 4.